The second kappa shape index (κ2) is 6.85. The van der Waals surface area contributed by atoms with Crippen LogP contribution in [0.5, 0.6) is 0 Å². The highest BCUT2D eigenvalue weighted by Crippen LogP contribution is 2.21. The number of hydrogen-bond donors (Lipinski definition) is 0. The van der Waals surface area contributed by atoms with Crippen LogP contribution in [0, 0.1) is 5.92 Å². The number of esters is 1. The number of rotatable bonds is 6. The summed E-state index contributed by atoms with van der Waals surface area (Å²) in [6, 6.07) is 0. The Labute approximate surface area is 127 Å². The van der Waals surface area contributed by atoms with Gasteiger partial charge >= 0.3 is 5.97 Å². The molecule has 0 atom stereocenters. The highest BCUT2D eigenvalue weighted by atomic mass is 32.1. The lowest BCUT2D eigenvalue weighted by Crippen LogP contribution is -2.23. The van der Waals surface area contributed by atoms with Crippen molar-refractivity contribution >= 4 is 27.5 Å². The second-order valence-corrected chi connectivity index (χ2v) is 6.27. The summed E-state index contributed by atoms with van der Waals surface area (Å²) in [5.74, 6) is -0.101. The van der Waals surface area contributed by atoms with Gasteiger partial charge in [0.05, 0.1) is 23.9 Å². The minimum atomic E-state index is -0.434. The van der Waals surface area contributed by atoms with Crippen molar-refractivity contribution in [1.82, 2.24) is 9.55 Å². The van der Waals surface area contributed by atoms with Crippen molar-refractivity contribution in [3.63, 3.8) is 0 Å². The summed E-state index contributed by atoms with van der Waals surface area (Å²) < 4.78 is 6.76. The van der Waals surface area contributed by atoms with Gasteiger partial charge in [0.15, 0.2) is 0 Å². The maximum atomic E-state index is 12.5. The van der Waals surface area contributed by atoms with Crippen LogP contribution in [-0.4, -0.2) is 22.1 Å². The maximum absolute atomic E-state index is 12.5. The number of nitrogens with zero attached hydrogens (tertiary/aromatic N) is 2. The van der Waals surface area contributed by atoms with E-state index in [9.17, 15) is 9.59 Å². The van der Waals surface area contributed by atoms with Crippen molar-refractivity contribution in [2.45, 2.75) is 40.2 Å². The highest BCUT2D eigenvalue weighted by molar-refractivity contribution is 7.17. The zero-order valence-electron chi connectivity index (χ0n) is 12.6. The number of aromatic nitrogens is 2. The molecule has 0 amide bonds. The predicted molar refractivity (Wildman–Crippen MR) is 83.9 cm³/mol. The van der Waals surface area contributed by atoms with E-state index in [1.54, 1.807) is 16.3 Å². The molecule has 2 rings (SSSR count). The van der Waals surface area contributed by atoms with Crippen LogP contribution < -0.4 is 5.56 Å². The van der Waals surface area contributed by atoms with Crippen molar-refractivity contribution in [2.24, 2.45) is 5.92 Å². The van der Waals surface area contributed by atoms with Crippen LogP contribution in [0.4, 0.5) is 0 Å². The van der Waals surface area contributed by atoms with E-state index in [2.05, 4.69) is 4.98 Å². The number of fused-ring (bicyclic) bond motifs is 1. The van der Waals surface area contributed by atoms with Gasteiger partial charge in [0, 0.05) is 11.9 Å². The van der Waals surface area contributed by atoms with Gasteiger partial charge in [-0.05, 0) is 12.3 Å². The molecule has 0 aromatic carbocycles. The van der Waals surface area contributed by atoms with Gasteiger partial charge in [0.1, 0.15) is 4.83 Å². The lowest BCUT2D eigenvalue weighted by molar-refractivity contribution is 0.0502. The van der Waals surface area contributed by atoms with Gasteiger partial charge in [0.2, 0.25) is 0 Å². The Morgan fingerprint density at radius 3 is 2.90 bits per heavy atom. The van der Waals surface area contributed by atoms with Crippen LogP contribution in [0.1, 0.15) is 44.0 Å². The summed E-state index contributed by atoms with van der Waals surface area (Å²) >= 11 is 1.30. The molecule has 0 unspecified atom stereocenters. The molecule has 0 fully saturated rings. The lowest BCUT2D eigenvalue weighted by Gasteiger charge is -2.08. The molecule has 6 heteroatoms. The van der Waals surface area contributed by atoms with E-state index < -0.39 is 5.97 Å². The van der Waals surface area contributed by atoms with Crippen LogP contribution in [-0.2, 0) is 11.3 Å². The number of unbranched alkanes of at least 4 members (excludes halogenated alkanes) is 1. The van der Waals surface area contributed by atoms with E-state index in [-0.39, 0.29) is 5.56 Å². The molecule has 2 aromatic heterocycles. The Balaban J connectivity index is 2.37. The summed E-state index contributed by atoms with van der Waals surface area (Å²) in [6.07, 6.45) is 3.33. The standard InChI is InChI=1S/C15H20N2O3S/c1-4-5-6-20-15(19)11-8-21-13-12(11)14(18)17(9-16-13)7-10(2)3/h8-10H,4-7H2,1-3H3. The Bertz CT molecular complexity index is 688. The zero-order valence-corrected chi connectivity index (χ0v) is 13.4. The van der Waals surface area contributed by atoms with Crippen LogP contribution in [0.15, 0.2) is 16.5 Å². The molecule has 0 bridgehead atoms. The summed E-state index contributed by atoms with van der Waals surface area (Å²) in [5.41, 5.74) is 0.166. The third-order valence-corrected chi connectivity index (χ3v) is 3.96. The van der Waals surface area contributed by atoms with E-state index in [1.165, 1.54) is 11.3 Å². The predicted octanol–water partition coefficient (Wildman–Crippen LogP) is 3.07. The monoisotopic (exact) mass is 308 g/mol. The zero-order chi connectivity index (χ0) is 15.4. The van der Waals surface area contributed by atoms with Crippen LogP contribution in [0.3, 0.4) is 0 Å². The molecule has 0 saturated carbocycles. The Morgan fingerprint density at radius 1 is 1.48 bits per heavy atom. The van der Waals surface area contributed by atoms with Crippen LogP contribution in [0.2, 0.25) is 0 Å². The molecule has 0 aliphatic heterocycles. The third kappa shape index (κ3) is 3.50. The van der Waals surface area contributed by atoms with Crippen molar-refractivity contribution in [3.8, 4) is 0 Å². The molecule has 0 saturated heterocycles. The van der Waals surface area contributed by atoms with Gasteiger partial charge in [-0.15, -0.1) is 11.3 Å². The topological polar surface area (TPSA) is 61.2 Å². The second-order valence-electron chi connectivity index (χ2n) is 5.41. The quantitative estimate of drug-likeness (QED) is 0.608. The van der Waals surface area contributed by atoms with Gasteiger partial charge < -0.3 is 4.74 Å². The molecule has 0 radical (unpaired) electrons. The highest BCUT2D eigenvalue weighted by Gasteiger charge is 2.18. The van der Waals surface area contributed by atoms with Crippen molar-refractivity contribution in [1.29, 1.82) is 0 Å². The fraction of sp³-hybridized carbons (Fsp3) is 0.533. The van der Waals surface area contributed by atoms with Crippen molar-refractivity contribution in [3.05, 3.63) is 27.6 Å². The molecule has 21 heavy (non-hydrogen) atoms. The number of carbonyl (C=O) groups excluding carboxylic acids is 1. The molecular weight excluding hydrogens is 288 g/mol. The fourth-order valence-electron chi connectivity index (χ4n) is 2.03. The van der Waals surface area contributed by atoms with E-state index in [1.807, 2.05) is 20.8 Å². The van der Waals surface area contributed by atoms with Gasteiger partial charge in [-0.25, -0.2) is 9.78 Å². The van der Waals surface area contributed by atoms with Crippen LogP contribution >= 0.6 is 11.3 Å². The third-order valence-electron chi connectivity index (χ3n) is 3.07. The van der Waals surface area contributed by atoms with E-state index in [0.29, 0.717) is 34.8 Å². The van der Waals surface area contributed by atoms with Gasteiger partial charge in [-0.2, -0.15) is 0 Å². The lowest BCUT2D eigenvalue weighted by atomic mass is 10.2. The number of thiophene rings is 1. The maximum Gasteiger partial charge on any atom is 0.339 e. The van der Waals surface area contributed by atoms with Crippen LogP contribution in [0.25, 0.3) is 10.2 Å². The molecule has 114 valence electrons. The average Bonchev–Trinajstić information content (AvgIpc) is 2.86. The van der Waals surface area contributed by atoms with Gasteiger partial charge in [-0.1, -0.05) is 27.2 Å². The van der Waals surface area contributed by atoms with Gasteiger partial charge in [0.25, 0.3) is 5.56 Å². The Hall–Kier alpha value is -1.69. The van der Waals surface area contributed by atoms with E-state index in [4.69, 9.17) is 4.74 Å². The van der Waals surface area contributed by atoms with E-state index in [0.717, 1.165) is 12.8 Å². The van der Waals surface area contributed by atoms with Crippen molar-refractivity contribution < 1.29 is 9.53 Å². The minimum absolute atomic E-state index is 0.169. The molecule has 0 spiro atoms. The molecule has 0 aliphatic rings. The fourth-order valence-corrected chi connectivity index (χ4v) is 2.89. The summed E-state index contributed by atoms with van der Waals surface area (Å²) in [4.78, 5) is 29.4. The largest absolute Gasteiger partial charge is 0.462 e. The number of ether oxygens (including phenoxy) is 1. The molecule has 0 N–H and O–H groups in total. The molecule has 2 heterocycles. The van der Waals surface area contributed by atoms with Gasteiger partial charge in [-0.3, -0.25) is 9.36 Å². The molecule has 0 aliphatic carbocycles. The minimum Gasteiger partial charge on any atom is -0.462 e. The van der Waals surface area contributed by atoms with Crippen molar-refractivity contribution in [2.75, 3.05) is 6.61 Å². The summed E-state index contributed by atoms with van der Waals surface area (Å²) in [6.45, 7) is 7.06. The first-order chi connectivity index (χ1) is 10.0. The Morgan fingerprint density at radius 2 is 2.24 bits per heavy atom. The van der Waals surface area contributed by atoms with E-state index >= 15 is 0 Å². The average molecular weight is 308 g/mol. The first-order valence-corrected chi connectivity index (χ1v) is 8.06. The first-order valence-electron chi connectivity index (χ1n) is 7.18. The number of carbonyl (C=O) groups is 1. The number of hydrogen-bond acceptors (Lipinski definition) is 5. The molecule has 2 aromatic rings. The SMILES string of the molecule is CCCCOC(=O)c1csc2ncn(CC(C)C)c(=O)c12. The normalized spacial score (nSPS) is 11.2. The molecule has 5 nitrogen and oxygen atoms in total. The first kappa shape index (κ1) is 15.7. The molecular formula is C15H20N2O3S. The Kier molecular flexibility index (Phi) is 5.12. The summed E-state index contributed by atoms with van der Waals surface area (Å²) in [7, 11) is 0. The smallest absolute Gasteiger partial charge is 0.339 e. The summed E-state index contributed by atoms with van der Waals surface area (Å²) in [5, 5.41) is 2.04.